The summed E-state index contributed by atoms with van der Waals surface area (Å²) in [7, 11) is 1.60. The number of carbonyl (C=O) groups is 2. The number of rotatable bonds is 7. The SMILES string of the molecule is COc1ccc(C(=O)N2CCC[C@](COc3cc(C)c(Cl)c(C)c3)(CC(=O)N3CCC(O)CC3)C2)cc1. The van der Waals surface area contributed by atoms with Crippen LogP contribution in [0.4, 0.5) is 0 Å². The van der Waals surface area contributed by atoms with E-state index in [0.29, 0.717) is 69.1 Å². The molecule has 0 saturated carbocycles. The number of piperidine rings is 2. The van der Waals surface area contributed by atoms with E-state index in [1.807, 2.05) is 35.8 Å². The van der Waals surface area contributed by atoms with E-state index in [0.717, 1.165) is 29.0 Å². The minimum atomic E-state index is -0.519. The minimum Gasteiger partial charge on any atom is -0.497 e. The molecule has 0 bridgehead atoms. The highest BCUT2D eigenvalue weighted by atomic mass is 35.5. The van der Waals surface area contributed by atoms with E-state index in [1.165, 1.54) is 0 Å². The first kappa shape index (κ1) is 27.3. The average molecular weight is 529 g/mol. The number of halogens is 1. The Bertz CT molecular complexity index is 1090. The third kappa shape index (κ3) is 6.57. The number of aliphatic hydroxyl groups excluding tert-OH is 1. The van der Waals surface area contributed by atoms with Gasteiger partial charge in [-0.15, -0.1) is 0 Å². The van der Waals surface area contributed by atoms with Crippen molar-refractivity contribution >= 4 is 23.4 Å². The van der Waals surface area contributed by atoms with Crippen LogP contribution in [0.1, 0.15) is 53.6 Å². The normalized spacial score (nSPS) is 20.6. The summed E-state index contributed by atoms with van der Waals surface area (Å²) in [5.74, 6) is 1.41. The zero-order chi connectivity index (χ0) is 26.6. The molecule has 0 unspecified atom stereocenters. The Kier molecular flexibility index (Phi) is 8.65. The van der Waals surface area contributed by atoms with Gasteiger partial charge < -0.3 is 24.4 Å². The van der Waals surface area contributed by atoms with Gasteiger partial charge in [0.25, 0.3) is 5.91 Å². The Hall–Kier alpha value is -2.77. The van der Waals surface area contributed by atoms with Crippen LogP contribution >= 0.6 is 11.6 Å². The third-order valence-electron chi connectivity index (χ3n) is 7.58. The Morgan fingerprint density at radius 3 is 2.30 bits per heavy atom. The lowest BCUT2D eigenvalue weighted by atomic mass is 9.77. The molecule has 2 aliphatic rings. The Morgan fingerprint density at radius 1 is 1.03 bits per heavy atom. The summed E-state index contributed by atoms with van der Waals surface area (Å²) < 4.78 is 11.5. The number of methoxy groups -OCH3 is 1. The summed E-state index contributed by atoms with van der Waals surface area (Å²) >= 11 is 6.35. The van der Waals surface area contributed by atoms with E-state index >= 15 is 0 Å². The van der Waals surface area contributed by atoms with Gasteiger partial charge in [0.1, 0.15) is 11.5 Å². The highest BCUT2D eigenvalue weighted by Crippen LogP contribution is 2.37. The predicted molar refractivity (Wildman–Crippen MR) is 143 cm³/mol. The van der Waals surface area contributed by atoms with Crippen LogP contribution in [0.2, 0.25) is 5.02 Å². The molecule has 0 aromatic heterocycles. The van der Waals surface area contributed by atoms with Crippen LogP contribution in [0.5, 0.6) is 11.5 Å². The van der Waals surface area contributed by atoms with Gasteiger partial charge in [-0.1, -0.05) is 11.6 Å². The molecule has 0 aliphatic carbocycles. The number of nitrogens with zero attached hydrogens (tertiary/aromatic N) is 2. The second-order valence-electron chi connectivity index (χ2n) is 10.5. The number of aryl methyl sites for hydroxylation is 2. The first-order valence-corrected chi connectivity index (χ1v) is 13.4. The van der Waals surface area contributed by atoms with E-state index in [1.54, 1.807) is 31.4 Å². The van der Waals surface area contributed by atoms with Crippen LogP contribution in [0.25, 0.3) is 0 Å². The molecule has 0 radical (unpaired) electrons. The van der Waals surface area contributed by atoms with Crippen LogP contribution in [0.15, 0.2) is 36.4 Å². The number of likely N-dealkylation sites (tertiary alicyclic amines) is 2. The number of hydrogen-bond acceptors (Lipinski definition) is 5. The fraction of sp³-hybridized carbons (Fsp3) is 0.517. The van der Waals surface area contributed by atoms with Crippen molar-refractivity contribution < 1.29 is 24.2 Å². The maximum Gasteiger partial charge on any atom is 0.253 e. The van der Waals surface area contributed by atoms with Crippen molar-refractivity contribution in [2.75, 3.05) is 39.9 Å². The monoisotopic (exact) mass is 528 g/mol. The highest BCUT2D eigenvalue weighted by molar-refractivity contribution is 6.32. The lowest BCUT2D eigenvalue weighted by molar-refractivity contribution is -0.137. The van der Waals surface area contributed by atoms with Crippen molar-refractivity contribution in [3.8, 4) is 11.5 Å². The summed E-state index contributed by atoms with van der Waals surface area (Å²) in [5, 5.41) is 10.6. The van der Waals surface area contributed by atoms with E-state index in [-0.39, 0.29) is 17.9 Å². The smallest absolute Gasteiger partial charge is 0.253 e. The number of hydrogen-bond donors (Lipinski definition) is 1. The van der Waals surface area contributed by atoms with Crippen LogP contribution in [-0.2, 0) is 4.79 Å². The van der Waals surface area contributed by atoms with Crippen molar-refractivity contribution in [2.45, 2.75) is 52.1 Å². The van der Waals surface area contributed by atoms with Gasteiger partial charge in [0.15, 0.2) is 0 Å². The molecule has 2 heterocycles. The molecule has 2 aromatic carbocycles. The largest absolute Gasteiger partial charge is 0.497 e. The van der Waals surface area contributed by atoms with Crippen LogP contribution in [-0.4, -0.2) is 72.7 Å². The topological polar surface area (TPSA) is 79.3 Å². The Balaban J connectivity index is 1.54. The predicted octanol–water partition coefficient (Wildman–Crippen LogP) is 4.64. The molecule has 2 aliphatic heterocycles. The summed E-state index contributed by atoms with van der Waals surface area (Å²) in [6, 6.07) is 11.0. The molecule has 1 N–H and O–H groups in total. The Labute approximate surface area is 224 Å². The molecule has 37 heavy (non-hydrogen) atoms. The summed E-state index contributed by atoms with van der Waals surface area (Å²) in [5.41, 5.74) is 1.95. The molecule has 2 fully saturated rings. The van der Waals surface area contributed by atoms with Gasteiger partial charge in [-0.2, -0.15) is 0 Å². The molecule has 2 aromatic rings. The summed E-state index contributed by atoms with van der Waals surface area (Å²) in [6.07, 6.45) is 2.72. The number of aliphatic hydroxyl groups is 1. The second kappa shape index (κ2) is 11.7. The van der Waals surface area contributed by atoms with Crippen LogP contribution < -0.4 is 9.47 Å². The lowest BCUT2D eigenvalue weighted by Gasteiger charge is -2.43. The highest BCUT2D eigenvalue weighted by Gasteiger charge is 2.41. The van der Waals surface area contributed by atoms with Crippen molar-refractivity contribution in [1.82, 2.24) is 9.80 Å². The van der Waals surface area contributed by atoms with E-state index in [4.69, 9.17) is 21.1 Å². The molecule has 1 atom stereocenters. The van der Waals surface area contributed by atoms with E-state index in [9.17, 15) is 14.7 Å². The molecule has 4 rings (SSSR count). The molecular formula is C29H37ClN2O5. The molecule has 2 saturated heterocycles. The van der Waals surface area contributed by atoms with Crippen LogP contribution in [0.3, 0.4) is 0 Å². The number of amides is 2. The molecule has 200 valence electrons. The number of benzene rings is 2. The van der Waals surface area contributed by atoms with Crippen molar-refractivity contribution in [3.05, 3.63) is 58.1 Å². The number of ether oxygens (including phenoxy) is 2. The standard InChI is InChI=1S/C29H37ClN2O5/c1-20-15-25(16-21(2)27(20)30)37-19-29(17-26(34)31-13-9-23(33)10-14-31)11-4-12-32(18-29)28(35)22-5-7-24(36-3)8-6-22/h5-8,15-16,23,33H,4,9-14,17-19H2,1-3H3/t29-/m0/s1. The molecule has 8 heteroatoms. The molecule has 0 spiro atoms. The van der Waals surface area contributed by atoms with Gasteiger partial charge in [-0.3, -0.25) is 9.59 Å². The van der Waals surface area contributed by atoms with Crippen molar-refractivity contribution in [1.29, 1.82) is 0 Å². The van der Waals surface area contributed by atoms with Gasteiger partial charge in [-0.25, -0.2) is 0 Å². The molecular weight excluding hydrogens is 492 g/mol. The first-order valence-electron chi connectivity index (χ1n) is 13.0. The quantitative estimate of drug-likeness (QED) is 0.566. The zero-order valence-corrected chi connectivity index (χ0v) is 22.7. The molecule has 7 nitrogen and oxygen atoms in total. The zero-order valence-electron chi connectivity index (χ0n) is 22.0. The van der Waals surface area contributed by atoms with E-state index < -0.39 is 5.41 Å². The van der Waals surface area contributed by atoms with Gasteiger partial charge >= 0.3 is 0 Å². The number of carbonyl (C=O) groups excluding carboxylic acids is 2. The third-order valence-corrected chi connectivity index (χ3v) is 8.18. The van der Waals surface area contributed by atoms with Crippen molar-refractivity contribution in [2.24, 2.45) is 5.41 Å². The fourth-order valence-electron chi connectivity index (χ4n) is 5.38. The summed E-state index contributed by atoms with van der Waals surface area (Å²) in [6.45, 7) is 6.40. The van der Waals surface area contributed by atoms with Crippen molar-refractivity contribution in [3.63, 3.8) is 0 Å². The van der Waals surface area contributed by atoms with Gasteiger partial charge in [0, 0.05) is 48.6 Å². The maximum absolute atomic E-state index is 13.4. The van der Waals surface area contributed by atoms with Crippen LogP contribution in [0, 0.1) is 19.3 Å². The second-order valence-corrected chi connectivity index (χ2v) is 10.9. The lowest BCUT2D eigenvalue weighted by Crippen LogP contribution is -2.51. The maximum atomic E-state index is 13.4. The van der Waals surface area contributed by atoms with Gasteiger partial charge in [0.2, 0.25) is 5.91 Å². The summed E-state index contributed by atoms with van der Waals surface area (Å²) in [4.78, 5) is 30.5. The minimum absolute atomic E-state index is 0.0534. The Morgan fingerprint density at radius 2 is 1.68 bits per heavy atom. The van der Waals surface area contributed by atoms with Gasteiger partial charge in [-0.05, 0) is 87.1 Å². The first-order chi connectivity index (χ1) is 17.7. The molecule has 2 amide bonds. The van der Waals surface area contributed by atoms with Gasteiger partial charge in [0.05, 0.1) is 19.8 Å². The average Bonchev–Trinajstić information content (AvgIpc) is 2.90. The fourth-order valence-corrected chi connectivity index (χ4v) is 5.49. The van der Waals surface area contributed by atoms with E-state index in [2.05, 4.69) is 0 Å².